The standard InChI is InChI=1S/C17H21ClN2O/c1-11(2)19-10-14-8-13(4)20-17(9-14)21-16-6-5-15(18)7-12(16)3/h5-9,11,19H,10H2,1-4H3. The monoisotopic (exact) mass is 304 g/mol. The third kappa shape index (κ3) is 4.73. The molecule has 0 bridgehead atoms. The molecule has 4 heteroatoms. The van der Waals surface area contributed by atoms with Crippen LogP contribution in [0.5, 0.6) is 11.6 Å². The van der Waals surface area contributed by atoms with Gasteiger partial charge in [0.15, 0.2) is 0 Å². The third-order valence-electron chi connectivity index (χ3n) is 3.06. The summed E-state index contributed by atoms with van der Waals surface area (Å²) in [5.41, 5.74) is 3.10. The maximum atomic E-state index is 5.96. The number of pyridine rings is 1. The van der Waals surface area contributed by atoms with Crippen LogP contribution < -0.4 is 10.1 Å². The highest BCUT2D eigenvalue weighted by atomic mass is 35.5. The quantitative estimate of drug-likeness (QED) is 0.873. The van der Waals surface area contributed by atoms with Crippen molar-refractivity contribution in [3.05, 3.63) is 52.2 Å². The van der Waals surface area contributed by atoms with Crippen molar-refractivity contribution in [1.82, 2.24) is 10.3 Å². The molecule has 0 radical (unpaired) electrons. The SMILES string of the molecule is Cc1cc(CNC(C)C)cc(Oc2ccc(Cl)cc2C)n1. The van der Waals surface area contributed by atoms with E-state index < -0.39 is 0 Å². The first-order valence-electron chi connectivity index (χ1n) is 7.09. The molecule has 0 aliphatic heterocycles. The summed E-state index contributed by atoms with van der Waals surface area (Å²) in [4.78, 5) is 4.44. The van der Waals surface area contributed by atoms with Crippen molar-refractivity contribution in [3.8, 4) is 11.6 Å². The van der Waals surface area contributed by atoms with Gasteiger partial charge < -0.3 is 10.1 Å². The van der Waals surface area contributed by atoms with E-state index in [0.717, 1.165) is 29.1 Å². The van der Waals surface area contributed by atoms with E-state index in [0.29, 0.717) is 16.9 Å². The molecular weight excluding hydrogens is 284 g/mol. The molecule has 0 saturated carbocycles. The zero-order valence-corrected chi connectivity index (χ0v) is 13.7. The summed E-state index contributed by atoms with van der Waals surface area (Å²) in [6.45, 7) is 9.00. The average Bonchev–Trinajstić information content (AvgIpc) is 2.39. The average molecular weight is 305 g/mol. The van der Waals surface area contributed by atoms with Crippen molar-refractivity contribution >= 4 is 11.6 Å². The van der Waals surface area contributed by atoms with Crippen molar-refractivity contribution in [3.63, 3.8) is 0 Å². The minimum absolute atomic E-state index is 0.446. The van der Waals surface area contributed by atoms with Gasteiger partial charge in [-0.1, -0.05) is 25.4 Å². The highest BCUT2D eigenvalue weighted by molar-refractivity contribution is 6.30. The number of rotatable bonds is 5. The maximum Gasteiger partial charge on any atom is 0.219 e. The van der Waals surface area contributed by atoms with Crippen LogP contribution in [0.3, 0.4) is 0 Å². The number of benzene rings is 1. The van der Waals surface area contributed by atoms with Crippen LogP contribution in [0.15, 0.2) is 30.3 Å². The van der Waals surface area contributed by atoms with Crippen LogP contribution in [0, 0.1) is 13.8 Å². The molecule has 1 heterocycles. The Balaban J connectivity index is 2.19. The van der Waals surface area contributed by atoms with E-state index in [1.165, 1.54) is 0 Å². The molecule has 112 valence electrons. The Kier molecular flexibility index (Phi) is 5.21. The van der Waals surface area contributed by atoms with Gasteiger partial charge in [-0.05, 0) is 49.2 Å². The lowest BCUT2D eigenvalue weighted by Crippen LogP contribution is -2.21. The maximum absolute atomic E-state index is 5.96. The van der Waals surface area contributed by atoms with Gasteiger partial charge in [-0.15, -0.1) is 0 Å². The van der Waals surface area contributed by atoms with Gasteiger partial charge in [0.05, 0.1) is 0 Å². The van der Waals surface area contributed by atoms with E-state index >= 15 is 0 Å². The van der Waals surface area contributed by atoms with Crippen LogP contribution in [0.25, 0.3) is 0 Å². The molecule has 0 unspecified atom stereocenters. The lowest BCUT2D eigenvalue weighted by Gasteiger charge is -2.12. The molecule has 1 N–H and O–H groups in total. The molecule has 0 aliphatic carbocycles. The van der Waals surface area contributed by atoms with Gasteiger partial charge in [0, 0.05) is 29.4 Å². The number of halogens is 1. The highest BCUT2D eigenvalue weighted by Crippen LogP contribution is 2.27. The summed E-state index contributed by atoms with van der Waals surface area (Å²) in [7, 11) is 0. The van der Waals surface area contributed by atoms with Gasteiger partial charge in [-0.2, -0.15) is 0 Å². The fourth-order valence-corrected chi connectivity index (χ4v) is 2.25. The van der Waals surface area contributed by atoms with E-state index in [1.54, 1.807) is 0 Å². The van der Waals surface area contributed by atoms with Crippen LogP contribution in [0.1, 0.15) is 30.7 Å². The Labute approximate surface area is 131 Å². The van der Waals surface area contributed by atoms with E-state index in [4.69, 9.17) is 16.3 Å². The molecule has 0 atom stereocenters. The lowest BCUT2D eigenvalue weighted by molar-refractivity contribution is 0.456. The van der Waals surface area contributed by atoms with Gasteiger partial charge >= 0.3 is 0 Å². The number of nitrogens with one attached hydrogen (secondary N) is 1. The van der Waals surface area contributed by atoms with E-state index in [1.807, 2.05) is 38.1 Å². The molecule has 0 saturated heterocycles. The molecule has 1 aromatic heterocycles. The van der Waals surface area contributed by atoms with Crippen LogP contribution in [-0.2, 0) is 6.54 Å². The fraction of sp³-hybridized carbons (Fsp3) is 0.353. The second-order valence-corrected chi connectivity index (χ2v) is 5.94. The third-order valence-corrected chi connectivity index (χ3v) is 3.29. The number of hydrogen-bond acceptors (Lipinski definition) is 3. The van der Waals surface area contributed by atoms with Gasteiger partial charge in [0.25, 0.3) is 0 Å². The van der Waals surface area contributed by atoms with Crippen molar-refractivity contribution < 1.29 is 4.74 Å². The molecule has 0 amide bonds. The Morgan fingerprint density at radius 1 is 1.19 bits per heavy atom. The Morgan fingerprint density at radius 2 is 1.95 bits per heavy atom. The summed E-state index contributed by atoms with van der Waals surface area (Å²) in [5.74, 6) is 1.39. The Morgan fingerprint density at radius 3 is 2.62 bits per heavy atom. The number of aryl methyl sites for hydroxylation is 2. The minimum atomic E-state index is 0.446. The number of ether oxygens (including phenoxy) is 1. The zero-order valence-electron chi connectivity index (χ0n) is 12.9. The lowest BCUT2D eigenvalue weighted by atomic mass is 10.2. The van der Waals surface area contributed by atoms with E-state index in [-0.39, 0.29) is 0 Å². The minimum Gasteiger partial charge on any atom is -0.439 e. The predicted molar refractivity (Wildman–Crippen MR) is 87.2 cm³/mol. The first-order chi connectivity index (χ1) is 9.94. The number of hydrogen-bond donors (Lipinski definition) is 1. The highest BCUT2D eigenvalue weighted by Gasteiger charge is 2.06. The Hall–Kier alpha value is -1.58. The van der Waals surface area contributed by atoms with Gasteiger partial charge in [-0.25, -0.2) is 4.98 Å². The number of aromatic nitrogens is 1. The topological polar surface area (TPSA) is 34.1 Å². The molecule has 0 aliphatic rings. The summed E-state index contributed by atoms with van der Waals surface area (Å²) < 4.78 is 5.89. The van der Waals surface area contributed by atoms with Crippen LogP contribution in [-0.4, -0.2) is 11.0 Å². The van der Waals surface area contributed by atoms with Crippen molar-refractivity contribution in [2.24, 2.45) is 0 Å². The first kappa shape index (κ1) is 15.8. The summed E-state index contributed by atoms with van der Waals surface area (Å²) in [5, 5.41) is 4.11. The van der Waals surface area contributed by atoms with Crippen molar-refractivity contribution in [2.45, 2.75) is 40.3 Å². The fourth-order valence-electron chi connectivity index (χ4n) is 2.02. The number of nitrogens with zero attached hydrogens (tertiary/aromatic N) is 1. The summed E-state index contributed by atoms with van der Waals surface area (Å²) in [6.07, 6.45) is 0. The largest absolute Gasteiger partial charge is 0.439 e. The normalized spacial score (nSPS) is 11.0. The van der Waals surface area contributed by atoms with Gasteiger partial charge in [-0.3, -0.25) is 0 Å². The molecule has 2 aromatic rings. The molecule has 0 fully saturated rings. The smallest absolute Gasteiger partial charge is 0.219 e. The second kappa shape index (κ2) is 6.92. The molecule has 21 heavy (non-hydrogen) atoms. The van der Waals surface area contributed by atoms with Gasteiger partial charge in [0.1, 0.15) is 5.75 Å². The molecular formula is C17H21ClN2O. The first-order valence-corrected chi connectivity index (χ1v) is 7.47. The predicted octanol–water partition coefficient (Wildman–Crippen LogP) is 4.64. The van der Waals surface area contributed by atoms with Crippen LogP contribution in [0.2, 0.25) is 5.02 Å². The molecule has 3 nitrogen and oxygen atoms in total. The summed E-state index contributed by atoms with van der Waals surface area (Å²) >= 11 is 5.96. The molecule has 0 spiro atoms. The molecule has 1 aromatic carbocycles. The zero-order chi connectivity index (χ0) is 15.4. The van der Waals surface area contributed by atoms with Gasteiger partial charge in [0.2, 0.25) is 5.88 Å². The van der Waals surface area contributed by atoms with Crippen molar-refractivity contribution in [1.29, 1.82) is 0 Å². The van der Waals surface area contributed by atoms with Crippen LogP contribution in [0.4, 0.5) is 0 Å². The van der Waals surface area contributed by atoms with Crippen molar-refractivity contribution in [2.75, 3.05) is 0 Å². The van der Waals surface area contributed by atoms with E-state index in [2.05, 4.69) is 30.2 Å². The van der Waals surface area contributed by atoms with E-state index in [9.17, 15) is 0 Å². The Bertz CT molecular complexity index is 626. The summed E-state index contributed by atoms with van der Waals surface area (Å²) in [6, 6.07) is 10.1. The second-order valence-electron chi connectivity index (χ2n) is 5.50. The van der Waals surface area contributed by atoms with Crippen LogP contribution >= 0.6 is 11.6 Å². The molecule has 2 rings (SSSR count).